The number of methoxy groups -OCH3 is 1. The Kier molecular flexibility index (Phi) is 6.44. The van der Waals surface area contributed by atoms with Gasteiger partial charge in [-0.3, -0.25) is 14.8 Å². The number of imidazole rings is 1. The molecule has 3 aromatic carbocycles. The molecule has 4 aromatic rings. The van der Waals surface area contributed by atoms with Crippen molar-refractivity contribution in [2.24, 2.45) is 4.99 Å². The molecule has 196 valence electrons. The van der Waals surface area contributed by atoms with E-state index < -0.39 is 6.04 Å². The van der Waals surface area contributed by atoms with Gasteiger partial charge in [-0.25, -0.2) is 9.37 Å². The summed E-state index contributed by atoms with van der Waals surface area (Å²) < 4.78 is 21.5. The Bertz CT molecular complexity index is 1580. The number of amides is 1. The van der Waals surface area contributed by atoms with E-state index in [1.54, 1.807) is 25.6 Å². The van der Waals surface area contributed by atoms with Crippen molar-refractivity contribution in [3.05, 3.63) is 114 Å². The number of ether oxygens (including phenoxy) is 1. The van der Waals surface area contributed by atoms with Crippen LogP contribution in [0.1, 0.15) is 35.7 Å². The maximum absolute atomic E-state index is 13.8. The maximum Gasteiger partial charge on any atom is 0.277 e. The molecule has 0 saturated carbocycles. The van der Waals surface area contributed by atoms with Gasteiger partial charge in [0.2, 0.25) is 0 Å². The molecule has 39 heavy (non-hydrogen) atoms. The number of hydrazine groups is 1. The van der Waals surface area contributed by atoms with Crippen LogP contribution >= 0.6 is 0 Å². The maximum atomic E-state index is 13.8. The lowest BCUT2D eigenvalue weighted by molar-refractivity contribution is -0.120. The zero-order chi connectivity index (χ0) is 26.9. The molecule has 0 bridgehead atoms. The first-order chi connectivity index (χ1) is 19.0. The lowest BCUT2D eigenvalue weighted by atomic mass is 9.98. The van der Waals surface area contributed by atoms with Gasteiger partial charge in [-0.2, -0.15) is 4.99 Å². The highest BCUT2D eigenvalue weighted by Crippen LogP contribution is 2.37. The van der Waals surface area contributed by atoms with Crippen molar-refractivity contribution in [1.82, 2.24) is 14.6 Å². The molecule has 1 fully saturated rings. The molecule has 0 radical (unpaired) electrons. The van der Waals surface area contributed by atoms with Crippen LogP contribution in [0.25, 0.3) is 11.8 Å². The molecule has 1 aromatic heterocycles. The summed E-state index contributed by atoms with van der Waals surface area (Å²) in [6, 6.07) is 21.2. The van der Waals surface area contributed by atoms with Gasteiger partial charge in [0.05, 0.1) is 30.5 Å². The van der Waals surface area contributed by atoms with Crippen molar-refractivity contribution in [2.75, 3.05) is 18.7 Å². The van der Waals surface area contributed by atoms with Gasteiger partial charge in [-0.15, -0.1) is 0 Å². The van der Waals surface area contributed by atoms with Crippen molar-refractivity contribution in [3.63, 3.8) is 0 Å². The molecule has 1 atom stereocenters. The van der Waals surface area contributed by atoms with E-state index in [0.717, 1.165) is 46.6 Å². The Labute approximate surface area is 226 Å². The molecule has 3 heterocycles. The number of aliphatic imine (C=N–C) groups is 1. The minimum Gasteiger partial charge on any atom is -0.495 e. The van der Waals surface area contributed by atoms with Gasteiger partial charge >= 0.3 is 0 Å². The molecule has 1 saturated heterocycles. The van der Waals surface area contributed by atoms with E-state index in [1.165, 1.54) is 12.1 Å². The van der Waals surface area contributed by atoms with Crippen molar-refractivity contribution in [2.45, 2.75) is 25.8 Å². The normalized spacial score (nSPS) is 18.2. The molecular weight excluding hydrogens is 493 g/mol. The fraction of sp³-hybridized carbons (Fsp3) is 0.194. The highest BCUT2D eigenvalue weighted by atomic mass is 19.1. The number of nitrogens with zero attached hydrogens (tertiary/aromatic N) is 5. The summed E-state index contributed by atoms with van der Waals surface area (Å²) in [6.45, 7) is 2.63. The number of piperidine rings is 1. The number of halogens is 1. The summed E-state index contributed by atoms with van der Waals surface area (Å²) in [6.07, 6.45) is 7.43. The van der Waals surface area contributed by atoms with Crippen molar-refractivity contribution in [3.8, 4) is 11.4 Å². The minimum atomic E-state index is -0.641. The van der Waals surface area contributed by atoms with Gasteiger partial charge in [-0.1, -0.05) is 36.4 Å². The third-order valence-corrected chi connectivity index (χ3v) is 7.04. The molecule has 1 unspecified atom stereocenters. The molecule has 8 heteroatoms. The Hall–Kier alpha value is -4.72. The number of amidine groups is 1. The number of rotatable bonds is 5. The van der Waals surface area contributed by atoms with E-state index in [4.69, 9.17) is 4.74 Å². The minimum absolute atomic E-state index is 0.256. The van der Waals surface area contributed by atoms with E-state index >= 15 is 0 Å². The number of hydrogen-bond donors (Lipinski definition) is 0. The van der Waals surface area contributed by atoms with Gasteiger partial charge in [0.15, 0.2) is 11.9 Å². The summed E-state index contributed by atoms with van der Waals surface area (Å²) in [5.74, 6) is 0.756. The Morgan fingerprint density at radius 1 is 1.05 bits per heavy atom. The Morgan fingerprint density at radius 2 is 1.85 bits per heavy atom. The second kappa shape index (κ2) is 10.2. The predicted octanol–water partition coefficient (Wildman–Crippen LogP) is 5.91. The third kappa shape index (κ3) is 4.69. The summed E-state index contributed by atoms with van der Waals surface area (Å²) in [7, 11) is 1.65. The van der Waals surface area contributed by atoms with Crippen molar-refractivity contribution >= 4 is 23.5 Å². The first kappa shape index (κ1) is 24.6. The summed E-state index contributed by atoms with van der Waals surface area (Å²) in [5, 5.41) is 4.01. The average Bonchev–Trinajstić information content (AvgIpc) is 3.39. The number of aryl methyl sites for hydroxylation is 1. The molecule has 6 rings (SSSR count). The average molecular weight is 522 g/mol. The quantitative estimate of drug-likeness (QED) is 0.327. The third-order valence-electron chi connectivity index (χ3n) is 7.04. The van der Waals surface area contributed by atoms with Gasteiger partial charge in [-0.05, 0) is 78.9 Å². The molecule has 2 aliphatic rings. The van der Waals surface area contributed by atoms with Gasteiger partial charge in [0.25, 0.3) is 5.91 Å². The number of hydrogen-bond acceptors (Lipinski definition) is 5. The molecule has 2 aliphatic heterocycles. The molecule has 0 N–H and O–H groups in total. The van der Waals surface area contributed by atoms with Gasteiger partial charge in [0, 0.05) is 12.7 Å². The van der Waals surface area contributed by atoms with Crippen LogP contribution in [-0.4, -0.2) is 40.0 Å². The SMILES string of the molecule is COc1cc(/C=C2\CCCN3C2=NC(=O)C(c2ccccc2)N3c2ccc(F)cc2)ccc1-n1cnc(C)c1. The lowest BCUT2D eigenvalue weighted by Gasteiger charge is -2.47. The smallest absolute Gasteiger partial charge is 0.277 e. The molecule has 0 aliphatic carbocycles. The second-order valence-electron chi connectivity index (χ2n) is 9.66. The molecule has 7 nitrogen and oxygen atoms in total. The topological polar surface area (TPSA) is 63.0 Å². The van der Waals surface area contributed by atoms with Crippen LogP contribution in [0.15, 0.2) is 95.9 Å². The van der Waals surface area contributed by atoms with Crippen LogP contribution in [0.3, 0.4) is 0 Å². The van der Waals surface area contributed by atoms with Crippen LogP contribution < -0.4 is 9.75 Å². The van der Waals surface area contributed by atoms with Crippen LogP contribution in [0.2, 0.25) is 0 Å². The number of fused-ring (bicyclic) bond motifs is 1. The van der Waals surface area contributed by atoms with E-state index in [1.807, 2.05) is 71.2 Å². The van der Waals surface area contributed by atoms with E-state index in [-0.39, 0.29) is 11.7 Å². The van der Waals surface area contributed by atoms with Crippen molar-refractivity contribution in [1.29, 1.82) is 0 Å². The van der Waals surface area contributed by atoms with Crippen LogP contribution in [0, 0.1) is 12.7 Å². The number of carbonyl (C=O) groups is 1. The zero-order valence-electron chi connectivity index (χ0n) is 21.8. The van der Waals surface area contributed by atoms with Crippen LogP contribution in [0.4, 0.5) is 10.1 Å². The van der Waals surface area contributed by atoms with E-state index in [0.29, 0.717) is 18.1 Å². The zero-order valence-corrected chi connectivity index (χ0v) is 21.8. The number of carbonyl (C=O) groups excluding carboxylic acids is 1. The molecular formula is C31H28FN5O2. The summed E-state index contributed by atoms with van der Waals surface area (Å²) >= 11 is 0. The fourth-order valence-corrected chi connectivity index (χ4v) is 5.24. The second-order valence-corrected chi connectivity index (χ2v) is 9.66. The van der Waals surface area contributed by atoms with Gasteiger partial charge < -0.3 is 9.30 Å². The van der Waals surface area contributed by atoms with E-state index in [9.17, 15) is 9.18 Å². The number of aromatic nitrogens is 2. The van der Waals surface area contributed by atoms with Crippen molar-refractivity contribution < 1.29 is 13.9 Å². The largest absolute Gasteiger partial charge is 0.495 e. The first-order valence-electron chi connectivity index (χ1n) is 12.9. The van der Waals surface area contributed by atoms with Gasteiger partial charge in [0.1, 0.15) is 11.6 Å². The standard InChI is InChI=1S/C31H28FN5O2/c1-21-19-35(20-33-21)27-15-10-22(18-28(27)39-2)17-24-9-6-16-36-30(24)34-31(38)29(23-7-4-3-5-8-23)37(36)26-13-11-25(32)12-14-26/h3-5,7-8,10-15,17-20,29H,6,9,16H2,1-2H3/b24-17+. The lowest BCUT2D eigenvalue weighted by Crippen LogP contribution is -2.56. The van der Waals surface area contributed by atoms with E-state index in [2.05, 4.69) is 21.1 Å². The number of benzene rings is 3. The monoisotopic (exact) mass is 521 g/mol. The Morgan fingerprint density at radius 3 is 2.56 bits per heavy atom. The summed E-state index contributed by atoms with van der Waals surface area (Å²) in [5.41, 5.74) is 5.28. The number of anilines is 1. The van der Waals surface area contributed by atoms with Crippen LogP contribution in [0.5, 0.6) is 5.75 Å². The van der Waals surface area contributed by atoms with Crippen LogP contribution in [-0.2, 0) is 4.79 Å². The summed E-state index contributed by atoms with van der Waals surface area (Å²) in [4.78, 5) is 22.6. The highest BCUT2D eigenvalue weighted by molar-refractivity contribution is 6.12. The first-order valence-corrected chi connectivity index (χ1v) is 12.9. The predicted molar refractivity (Wildman–Crippen MR) is 149 cm³/mol. The molecule has 1 amide bonds. The molecule has 0 spiro atoms. The fourth-order valence-electron chi connectivity index (χ4n) is 5.24. The Balaban J connectivity index is 1.41. The highest BCUT2D eigenvalue weighted by Gasteiger charge is 2.40.